The van der Waals surface area contributed by atoms with Crippen molar-refractivity contribution in [3.8, 4) is 11.4 Å². The number of hydrogen-bond acceptors (Lipinski definition) is 4. The van der Waals surface area contributed by atoms with Crippen LogP contribution >= 0.6 is 0 Å². The van der Waals surface area contributed by atoms with E-state index in [1.807, 2.05) is 69.6 Å². The van der Waals surface area contributed by atoms with Gasteiger partial charge in [-0.05, 0) is 58.9 Å². The number of nitrogens with zero attached hydrogens (tertiary/aromatic N) is 2. The molecule has 0 atom stereocenters. The third kappa shape index (κ3) is 2.77. The molecule has 3 rings (SSSR count). The first kappa shape index (κ1) is 16.1. The maximum absolute atomic E-state index is 6.07. The number of ether oxygens (including phenoxy) is 1. The van der Waals surface area contributed by atoms with Gasteiger partial charge in [0.15, 0.2) is 0 Å². The van der Waals surface area contributed by atoms with Crippen LogP contribution in [0.2, 0.25) is 0 Å². The molecule has 0 bridgehead atoms. The predicted octanol–water partition coefficient (Wildman–Crippen LogP) is 2.49. The molecule has 1 aliphatic heterocycles. The summed E-state index contributed by atoms with van der Waals surface area (Å²) in [5.41, 5.74) is 1.08. The van der Waals surface area contributed by atoms with Gasteiger partial charge in [-0.2, -0.15) is 0 Å². The van der Waals surface area contributed by atoms with E-state index >= 15 is 0 Å². The summed E-state index contributed by atoms with van der Waals surface area (Å²) in [6.07, 6.45) is 1.97. The Hall–Kier alpha value is -1.79. The molecule has 0 unspecified atom stereocenters. The van der Waals surface area contributed by atoms with E-state index in [2.05, 4.69) is 4.98 Å². The molecule has 0 aliphatic carbocycles. The summed E-state index contributed by atoms with van der Waals surface area (Å²) in [5.74, 6) is 1.72. The summed E-state index contributed by atoms with van der Waals surface area (Å²) in [4.78, 5) is 4.62. The van der Waals surface area contributed by atoms with E-state index in [-0.39, 0.29) is 11.2 Å². The van der Waals surface area contributed by atoms with Crippen molar-refractivity contribution in [2.24, 2.45) is 0 Å². The SMILES string of the molecule is COc1ccc(-n2cc(B3OC(C)(C)C(C)(C)O3)nc2C)cc1. The summed E-state index contributed by atoms with van der Waals surface area (Å²) in [5, 5.41) is 0. The molecular formula is C17H23BN2O3. The van der Waals surface area contributed by atoms with Gasteiger partial charge in [-0.15, -0.1) is 0 Å². The van der Waals surface area contributed by atoms with Crippen LogP contribution in [0.25, 0.3) is 5.69 Å². The van der Waals surface area contributed by atoms with E-state index in [1.54, 1.807) is 7.11 Å². The molecule has 6 heteroatoms. The highest BCUT2D eigenvalue weighted by molar-refractivity contribution is 6.61. The van der Waals surface area contributed by atoms with E-state index in [0.29, 0.717) is 0 Å². The topological polar surface area (TPSA) is 45.5 Å². The third-order valence-electron chi connectivity index (χ3n) is 4.75. The Bertz CT molecular complexity index is 691. The molecule has 1 aromatic carbocycles. The van der Waals surface area contributed by atoms with Gasteiger partial charge in [0, 0.05) is 11.9 Å². The van der Waals surface area contributed by atoms with Gasteiger partial charge in [0.2, 0.25) is 0 Å². The van der Waals surface area contributed by atoms with E-state index < -0.39 is 7.12 Å². The Morgan fingerprint density at radius 3 is 2.13 bits per heavy atom. The van der Waals surface area contributed by atoms with Gasteiger partial charge in [0.1, 0.15) is 11.6 Å². The van der Waals surface area contributed by atoms with Crippen LogP contribution in [0.3, 0.4) is 0 Å². The molecule has 0 N–H and O–H groups in total. The minimum atomic E-state index is -0.446. The summed E-state index contributed by atoms with van der Waals surface area (Å²) in [6, 6.07) is 7.87. The number of rotatable bonds is 3. The fraction of sp³-hybridized carbons (Fsp3) is 0.471. The fourth-order valence-electron chi connectivity index (χ4n) is 2.58. The Morgan fingerprint density at radius 2 is 1.61 bits per heavy atom. The van der Waals surface area contributed by atoms with Gasteiger partial charge in [0.25, 0.3) is 0 Å². The summed E-state index contributed by atoms with van der Waals surface area (Å²) >= 11 is 0. The second-order valence-corrected chi connectivity index (χ2v) is 6.87. The number of aryl methyl sites for hydroxylation is 1. The molecule has 5 nitrogen and oxygen atoms in total. The zero-order chi connectivity index (χ0) is 16.8. The molecule has 1 saturated heterocycles. The van der Waals surface area contributed by atoms with Crippen molar-refractivity contribution < 1.29 is 14.0 Å². The molecule has 23 heavy (non-hydrogen) atoms. The molecule has 1 fully saturated rings. The van der Waals surface area contributed by atoms with Crippen molar-refractivity contribution in [3.63, 3.8) is 0 Å². The van der Waals surface area contributed by atoms with Crippen LogP contribution in [0.4, 0.5) is 0 Å². The van der Waals surface area contributed by atoms with E-state index in [9.17, 15) is 0 Å². The van der Waals surface area contributed by atoms with Gasteiger partial charge in [-0.25, -0.2) is 4.98 Å². The maximum atomic E-state index is 6.07. The Labute approximate surface area is 137 Å². The molecule has 2 heterocycles. The first-order valence-electron chi connectivity index (χ1n) is 7.79. The van der Waals surface area contributed by atoms with Crippen LogP contribution < -0.4 is 10.3 Å². The molecule has 122 valence electrons. The van der Waals surface area contributed by atoms with Crippen molar-refractivity contribution in [2.75, 3.05) is 7.11 Å². The van der Waals surface area contributed by atoms with Crippen LogP contribution in [0.1, 0.15) is 33.5 Å². The highest BCUT2D eigenvalue weighted by Gasteiger charge is 2.52. The lowest BCUT2D eigenvalue weighted by atomic mass is 9.86. The first-order valence-corrected chi connectivity index (χ1v) is 7.79. The minimum absolute atomic E-state index is 0.366. The van der Waals surface area contributed by atoms with Gasteiger partial charge in [0.05, 0.1) is 23.9 Å². The molecule has 0 saturated carbocycles. The summed E-state index contributed by atoms with van der Waals surface area (Å²) in [7, 11) is 1.21. The first-order chi connectivity index (χ1) is 10.7. The predicted molar refractivity (Wildman–Crippen MR) is 90.6 cm³/mol. The zero-order valence-corrected chi connectivity index (χ0v) is 14.6. The number of hydrogen-bond donors (Lipinski definition) is 0. The Morgan fingerprint density at radius 1 is 1.04 bits per heavy atom. The van der Waals surface area contributed by atoms with Gasteiger partial charge < -0.3 is 18.6 Å². The highest BCUT2D eigenvalue weighted by Crippen LogP contribution is 2.36. The van der Waals surface area contributed by atoms with Crippen LogP contribution in [0, 0.1) is 6.92 Å². The smallest absolute Gasteiger partial charge is 0.497 e. The lowest BCUT2D eigenvalue weighted by Gasteiger charge is -2.32. The lowest BCUT2D eigenvalue weighted by molar-refractivity contribution is 0.00578. The molecule has 0 amide bonds. The van der Waals surface area contributed by atoms with Crippen molar-refractivity contribution in [3.05, 3.63) is 36.3 Å². The van der Waals surface area contributed by atoms with Crippen LogP contribution in [-0.2, 0) is 9.31 Å². The second kappa shape index (κ2) is 5.39. The fourth-order valence-corrected chi connectivity index (χ4v) is 2.58. The van der Waals surface area contributed by atoms with E-state index in [4.69, 9.17) is 14.0 Å². The standard InChI is InChI=1S/C17H23BN2O3/c1-12-19-15(18-22-16(2,3)17(4,5)23-18)11-20(12)13-7-9-14(21-6)10-8-13/h7-11H,1-6H3. The molecule has 1 aromatic heterocycles. The average Bonchev–Trinajstić information content (AvgIpc) is 2.97. The quantitative estimate of drug-likeness (QED) is 0.817. The van der Waals surface area contributed by atoms with Crippen LogP contribution in [0.15, 0.2) is 30.5 Å². The van der Waals surface area contributed by atoms with Gasteiger partial charge >= 0.3 is 7.12 Å². The number of methoxy groups -OCH3 is 1. The Kier molecular flexibility index (Phi) is 3.77. The van der Waals surface area contributed by atoms with Crippen molar-refractivity contribution in [2.45, 2.75) is 45.8 Å². The van der Waals surface area contributed by atoms with E-state index in [1.165, 1.54) is 0 Å². The Balaban J connectivity index is 1.90. The largest absolute Gasteiger partial charge is 0.516 e. The number of benzene rings is 1. The monoisotopic (exact) mass is 314 g/mol. The van der Waals surface area contributed by atoms with Gasteiger partial charge in [-0.3, -0.25) is 0 Å². The summed E-state index contributed by atoms with van der Waals surface area (Å²) < 4.78 is 19.4. The lowest BCUT2D eigenvalue weighted by Crippen LogP contribution is -2.41. The van der Waals surface area contributed by atoms with Crippen molar-refractivity contribution in [1.29, 1.82) is 0 Å². The molecule has 2 aromatic rings. The minimum Gasteiger partial charge on any atom is -0.497 e. The van der Waals surface area contributed by atoms with Crippen LogP contribution in [-0.4, -0.2) is 35.0 Å². The maximum Gasteiger partial charge on any atom is 0.516 e. The molecule has 0 radical (unpaired) electrons. The molecule has 0 spiro atoms. The molecule has 1 aliphatic rings. The van der Waals surface area contributed by atoms with Crippen LogP contribution in [0.5, 0.6) is 5.75 Å². The molecular weight excluding hydrogens is 291 g/mol. The number of aromatic nitrogens is 2. The third-order valence-corrected chi connectivity index (χ3v) is 4.75. The average molecular weight is 314 g/mol. The van der Waals surface area contributed by atoms with Gasteiger partial charge in [-0.1, -0.05) is 0 Å². The highest BCUT2D eigenvalue weighted by atomic mass is 16.7. The second-order valence-electron chi connectivity index (χ2n) is 6.87. The number of imidazole rings is 1. The van der Waals surface area contributed by atoms with Crippen molar-refractivity contribution in [1.82, 2.24) is 9.55 Å². The summed E-state index contributed by atoms with van der Waals surface area (Å²) in [6.45, 7) is 10.1. The van der Waals surface area contributed by atoms with Crippen molar-refractivity contribution >= 4 is 12.7 Å². The van der Waals surface area contributed by atoms with E-state index in [0.717, 1.165) is 22.9 Å². The zero-order valence-electron chi connectivity index (χ0n) is 14.6. The normalized spacial score (nSPS) is 19.1.